The second-order valence-corrected chi connectivity index (χ2v) is 6.88. The molecule has 0 aliphatic heterocycles. The number of hydrogen-bond donors (Lipinski definition) is 2. The van der Waals surface area contributed by atoms with E-state index in [1.807, 2.05) is 18.2 Å². The molecule has 24 heavy (non-hydrogen) atoms. The summed E-state index contributed by atoms with van der Waals surface area (Å²) in [5, 5.41) is 3.42. The van der Waals surface area contributed by atoms with Crippen LogP contribution in [0.3, 0.4) is 0 Å². The van der Waals surface area contributed by atoms with Crippen LogP contribution in [0.25, 0.3) is 21.2 Å². The van der Waals surface area contributed by atoms with Crippen molar-refractivity contribution >= 4 is 56.3 Å². The Hall–Kier alpha value is -2.77. The maximum atomic E-state index is 12.4. The molecule has 4 rings (SSSR count). The summed E-state index contributed by atoms with van der Waals surface area (Å²) in [6.07, 6.45) is 0. The third kappa shape index (κ3) is 2.64. The van der Waals surface area contributed by atoms with Crippen molar-refractivity contribution in [2.75, 3.05) is 5.32 Å². The normalized spacial score (nSPS) is 11.0. The van der Waals surface area contributed by atoms with Gasteiger partial charge in [-0.05, 0) is 42.5 Å². The van der Waals surface area contributed by atoms with E-state index in [2.05, 4.69) is 10.3 Å². The van der Waals surface area contributed by atoms with Crippen LogP contribution >= 0.6 is 23.6 Å². The van der Waals surface area contributed by atoms with E-state index in [0.29, 0.717) is 20.6 Å². The molecule has 0 fully saturated rings. The predicted octanol–water partition coefficient (Wildman–Crippen LogP) is 4.32. The van der Waals surface area contributed by atoms with Crippen molar-refractivity contribution in [3.63, 3.8) is 0 Å². The average molecular weight is 354 g/mol. The minimum absolute atomic E-state index is 0.0319. The van der Waals surface area contributed by atoms with Crippen molar-refractivity contribution < 1.29 is 9.21 Å². The van der Waals surface area contributed by atoms with Gasteiger partial charge in [0.15, 0.2) is 3.95 Å². The number of fused-ring (bicyclic) bond motifs is 2. The Kier molecular flexibility index (Phi) is 3.51. The lowest BCUT2D eigenvalue weighted by Crippen LogP contribution is -2.20. The molecule has 0 spiro atoms. The van der Waals surface area contributed by atoms with E-state index < -0.39 is 11.5 Å². The van der Waals surface area contributed by atoms with E-state index in [9.17, 15) is 9.59 Å². The number of anilines is 1. The summed E-state index contributed by atoms with van der Waals surface area (Å²) in [5.74, 6) is -0.506. The Bertz CT molecular complexity index is 1200. The summed E-state index contributed by atoms with van der Waals surface area (Å²) < 4.78 is 6.80. The first-order valence-electron chi connectivity index (χ1n) is 7.07. The number of aromatic nitrogens is 1. The second kappa shape index (κ2) is 5.70. The summed E-state index contributed by atoms with van der Waals surface area (Å²) in [6, 6.07) is 14.0. The molecule has 5 nitrogen and oxygen atoms in total. The number of hydrogen-bond acceptors (Lipinski definition) is 5. The number of carbonyl (C=O) groups excluding carboxylic acids is 1. The topological polar surface area (TPSA) is 75.1 Å². The molecule has 2 aromatic heterocycles. The highest BCUT2D eigenvalue weighted by molar-refractivity contribution is 7.73. The Morgan fingerprint density at radius 3 is 2.88 bits per heavy atom. The van der Waals surface area contributed by atoms with E-state index >= 15 is 0 Å². The van der Waals surface area contributed by atoms with Crippen molar-refractivity contribution in [1.82, 2.24) is 4.98 Å². The minimum atomic E-state index is -0.662. The molecule has 0 bridgehead atoms. The Balaban J connectivity index is 1.71. The minimum Gasteiger partial charge on any atom is -0.422 e. The van der Waals surface area contributed by atoms with Crippen molar-refractivity contribution in [2.45, 2.75) is 0 Å². The molecule has 118 valence electrons. The molecule has 2 heterocycles. The molecule has 4 aromatic rings. The number of benzene rings is 2. The number of para-hydroxylation sites is 1. The third-order valence-corrected chi connectivity index (χ3v) is 4.76. The maximum Gasteiger partial charge on any atom is 0.349 e. The number of rotatable bonds is 2. The van der Waals surface area contributed by atoms with Gasteiger partial charge in [-0.3, -0.25) is 4.79 Å². The fraction of sp³-hybridized carbons (Fsp3) is 0. The zero-order chi connectivity index (χ0) is 16.7. The van der Waals surface area contributed by atoms with E-state index in [-0.39, 0.29) is 5.56 Å². The first-order valence-corrected chi connectivity index (χ1v) is 8.30. The standard InChI is InChI=1S/C17H10N2O3S2/c20-15(11-7-9-3-1-2-4-13(9)22-16(11)21)18-10-5-6-12-14(8-10)24-17(23)19-12/h1-8H,(H,18,20)(H,19,23). The van der Waals surface area contributed by atoms with Crippen molar-refractivity contribution in [1.29, 1.82) is 0 Å². The highest BCUT2D eigenvalue weighted by atomic mass is 32.1. The van der Waals surface area contributed by atoms with Gasteiger partial charge in [0.05, 0.1) is 10.2 Å². The van der Waals surface area contributed by atoms with E-state index in [0.717, 1.165) is 10.2 Å². The fourth-order valence-corrected chi connectivity index (χ4v) is 3.60. The molecule has 1 amide bonds. The largest absolute Gasteiger partial charge is 0.422 e. The summed E-state index contributed by atoms with van der Waals surface area (Å²) in [4.78, 5) is 27.5. The van der Waals surface area contributed by atoms with Gasteiger partial charge in [-0.2, -0.15) is 0 Å². The van der Waals surface area contributed by atoms with Gasteiger partial charge in [-0.15, -0.1) is 11.3 Å². The number of amides is 1. The van der Waals surface area contributed by atoms with Gasteiger partial charge < -0.3 is 14.7 Å². The molecule has 0 radical (unpaired) electrons. The van der Waals surface area contributed by atoms with Gasteiger partial charge in [0.25, 0.3) is 5.91 Å². The van der Waals surface area contributed by atoms with Gasteiger partial charge >= 0.3 is 5.63 Å². The molecule has 0 aliphatic carbocycles. The molecule has 0 aliphatic rings. The van der Waals surface area contributed by atoms with Crippen LogP contribution < -0.4 is 10.9 Å². The predicted molar refractivity (Wildman–Crippen MR) is 97.4 cm³/mol. The maximum absolute atomic E-state index is 12.4. The smallest absolute Gasteiger partial charge is 0.349 e. The lowest BCUT2D eigenvalue weighted by atomic mass is 10.1. The Morgan fingerprint density at radius 2 is 2.00 bits per heavy atom. The van der Waals surface area contributed by atoms with Crippen molar-refractivity contribution in [3.8, 4) is 0 Å². The highest BCUT2D eigenvalue weighted by Gasteiger charge is 2.14. The van der Waals surface area contributed by atoms with Gasteiger partial charge in [-0.1, -0.05) is 18.2 Å². The van der Waals surface area contributed by atoms with Crippen LogP contribution in [0.5, 0.6) is 0 Å². The number of thiazole rings is 1. The van der Waals surface area contributed by atoms with Crippen molar-refractivity contribution in [2.24, 2.45) is 0 Å². The molecule has 2 N–H and O–H groups in total. The van der Waals surface area contributed by atoms with Crippen LogP contribution in [0.4, 0.5) is 5.69 Å². The highest BCUT2D eigenvalue weighted by Crippen LogP contribution is 2.23. The fourth-order valence-electron chi connectivity index (χ4n) is 2.44. The first-order chi connectivity index (χ1) is 11.6. The number of H-pyrrole nitrogens is 1. The van der Waals surface area contributed by atoms with E-state index in [4.69, 9.17) is 16.6 Å². The third-order valence-electron chi connectivity index (χ3n) is 3.56. The van der Waals surface area contributed by atoms with Gasteiger partial charge in [0.1, 0.15) is 11.1 Å². The van der Waals surface area contributed by atoms with Crippen LogP contribution in [0.15, 0.2) is 57.7 Å². The molecule has 7 heteroatoms. The summed E-state index contributed by atoms with van der Waals surface area (Å²) in [6.45, 7) is 0. The van der Waals surface area contributed by atoms with Crippen LogP contribution in [0, 0.1) is 3.95 Å². The second-order valence-electron chi connectivity index (χ2n) is 5.16. The van der Waals surface area contributed by atoms with Gasteiger partial charge in [-0.25, -0.2) is 4.79 Å². The van der Waals surface area contributed by atoms with E-state index in [1.165, 1.54) is 17.4 Å². The van der Waals surface area contributed by atoms with Crippen LogP contribution in [0.2, 0.25) is 0 Å². The number of carbonyl (C=O) groups is 1. The summed E-state index contributed by atoms with van der Waals surface area (Å²) in [7, 11) is 0. The molecular formula is C17H10N2O3S2. The lowest BCUT2D eigenvalue weighted by molar-refractivity contribution is 0.102. The first kappa shape index (κ1) is 14.8. The Morgan fingerprint density at radius 1 is 1.17 bits per heavy atom. The molecule has 0 saturated heterocycles. The van der Waals surface area contributed by atoms with Crippen LogP contribution in [-0.2, 0) is 0 Å². The lowest BCUT2D eigenvalue weighted by Gasteiger charge is -2.05. The van der Waals surface area contributed by atoms with E-state index in [1.54, 1.807) is 24.3 Å². The molecule has 0 saturated carbocycles. The van der Waals surface area contributed by atoms with Crippen molar-refractivity contribution in [3.05, 3.63) is 68.5 Å². The molecule has 2 aromatic carbocycles. The monoisotopic (exact) mass is 354 g/mol. The molecular weight excluding hydrogens is 344 g/mol. The molecule has 0 atom stereocenters. The van der Waals surface area contributed by atoms with Gasteiger partial charge in [0, 0.05) is 11.1 Å². The summed E-state index contributed by atoms with van der Waals surface area (Å²) >= 11 is 6.53. The SMILES string of the molecule is O=C(Nc1ccc2[nH]c(=S)sc2c1)c1cc2ccccc2oc1=O. The van der Waals surface area contributed by atoms with Crippen LogP contribution in [-0.4, -0.2) is 10.9 Å². The Labute approximate surface area is 144 Å². The zero-order valence-corrected chi connectivity index (χ0v) is 13.8. The summed E-state index contributed by atoms with van der Waals surface area (Å²) in [5.41, 5.74) is 1.26. The zero-order valence-electron chi connectivity index (χ0n) is 12.2. The van der Waals surface area contributed by atoms with Crippen LogP contribution in [0.1, 0.15) is 10.4 Å². The average Bonchev–Trinajstić information content (AvgIpc) is 2.93. The molecule has 0 unspecified atom stereocenters. The van der Waals surface area contributed by atoms with Gasteiger partial charge in [0.2, 0.25) is 0 Å². The number of nitrogens with one attached hydrogen (secondary N) is 2. The quantitative estimate of drug-likeness (QED) is 0.415. The number of aromatic amines is 1.